The maximum Gasteiger partial charge on any atom is 0.435 e. The van der Waals surface area contributed by atoms with Crippen molar-refractivity contribution in [1.82, 2.24) is 14.8 Å². The Labute approximate surface area is 145 Å². The fourth-order valence-corrected chi connectivity index (χ4v) is 2.84. The van der Waals surface area contributed by atoms with Crippen LogP contribution in [0, 0.1) is 17.2 Å². The van der Waals surface area contributed by atoms with E-state index in [0.29, 0.717) is 35.6 Å². The first-order valence-electron chi connectivity index (χ1n) is 7.24. The Kier molecular flexibility index (Phi) is 4.39. The minimum Gasteiger partial charge on any atom is -0.355 e. The maximum absolute atomic E-state index is 12.7. The molecule has 0 unspecified atom stereocenters. The molecule has 10 heteroatoms. The second-order valence-corrected chi connectivity index (χ2v) is 6.06. The molecule has 0 amide bonds. The van der Waals surface area contributed by atoms with E-state index in [1.165, 1.54) is 12.3 Å². The van der Waals surface area contributed by atoms with Crippen molar-refractivity contribution in [2.45, 2.75) is 12.7 Å². The van der Waals surface area contributed by atoms with E-state index in [4.69, 9.17) is 16.9 Å². The molecule has 2 aromatic rings. The van der Waals surface area contributed by atoms with Gasteiger partial charge in [-0.1, -0.05) is 11.6 Å². The number of anilines is 1. The molecule has 1 aliphatic heterocycles. The molecule has 1 aliphatic rings. The lowest BCUT2D eigenvalue weighted by Crippen LogP contribution is -2.50. The van der Waals surface area contributed by atoms with E-state index < -0.39 is 17.4 Å². The lowest BCUT2D eigenvalue weighted by molar-refractivity contribution is -0.142. The minimum atomic E-state index is -4.60. The van der Waals surface area contributed by atoms with Gasteiger partial charge in [0.05, 0.1) is 17.1 Å². The van der Waals surface area contributed by atoms with Gasteiger partial charge < -0.3 is 4.90 Å². The Balaban J connectivity index is 1.68. The number of rotatable bonds is 3. The average molecular weight is 370 g/mol. The largest absolute Gasteiger partial charge is 0.435 e. The van der Waals surface area contributed by atoms with Gasteiger partial charge in [0.2, 0.25) is 0 Å². The third-order valence-corrected chi connectivity index (χ3v) is 4.07. The van der Waals surface area contributed by atoms with Crippen LogP contribution in [-0.4, -0.2) is 27.9 Å². The summed E-state index contributed by atoms with van der Waals surface area (Å²) in [5, 5.41) is 12.5. The normalized spacial score (nSPS) is 14.9. The van der Waals surface area contributed by atoms with Crippen LogP contribution in [0.2, 0.25) is 5.02 Å². The number of hydrogen-bond acceptors (Lipinski definition) is 5. The molecule has 0 spiro atoms. The van der Waals surface area contributed by atoms with Crippen molar-refractivity contribution in [2.75, 3.05) is 18.0 Å². The van der Waals surface area contributed by atoms with E-state index in [-0.39, 0.29) is 12.5 Å². The summed E-state index contributed by atoms with van der Waals surface area (Å²) in [6.07, 6.45) is -3.20. The van der Waals surface area contributed by atoms with Gasteiger partial charge in [-0.05, 0) is 12.1 Å². The number of aromatic nitrogens is 3. The summed E-state index contributed by atoms with van der Waals surface area (Å²) in [5.41, 5.74) is -1.34. The maximum atomic E-state index is 12.7. The summed E-state index contributed by atoms with van der Waals surface area (Å²) in [6.45, 7) is 1.03. The van der Waals surface area contributed by atoms with Crippen LogP contribution >= 0.6 is 11.6 Å². The van der Waals surface area contributed by atoms with Gasteiger partial charge in [-0.3, -0.25) is 4.79 Å². The summed E-state index contributed by atoms with van der Waals surface area (Å²) in [6, 6.07) is 4.97. The number of nitriles is 1. The van der Waals surface area contributed by atoms with Crippen LogP contribution < -0.4 is 10.5 Å². The fraction of sp³-hybridized carbons (Fsp3) is 0.333. The van der Waals surface area contributed by atoms with Crippen LogP contribution in [0.3, 0.4) is 0 Å². The fourth-order valence-electron chi connectivity index (χ4n) is 2.56. The minimum absolute atomic E-state index is 0.0535. The summed E-state index contributed by atoms with van der Waals surface area (Å²) in [4.78, 5) is 17.6. The lowest BCUT2D eigenvalue weighted by atomic mass is 10.00. The van der Waals surface area contributed by atoms with Crippen molar-refractivity contribution < 1.29 is 13.2 Å². The third-order valence-electron chi connectivity index (χ3n) is 3.80. The van der Waals surface area contributed by atoms with Crippen molar-refractivity contribution in [3.05, 3.63) is 51.0 Å². The van der Waals surface area contributed by atoms with Crippen molar-refractivity contribution in [1.29, 1.82) is 5.26 Å². The van der Waals surface area contributed by atoms with E-state index in [1.807, 2.05) is 11.0 Å². The third kappa shape index (κ3) is 3.58. The molecule has 3 heterocycles. The molecule has 0 aromatic carbocycles. The topological polar surface area (TPSA) is 74.8 Å². The zero-order chi connectivity index (χ0) is 18.2. The summed E-state index contributed by atoms with van der Waals surface area (Å²) in [7, 11) is 0. The van der Waals surface area contributed by atoms with Crippen molar-refractivity contribution in [3.63, 3.8) is 0 Å². The molecule has 0 N–H and O–H groups in total. The molecule has 0 atom stereocenters. The monoisotopic (exact) mass is 369 g/mol. The van der Waals surface area contributed by atoms with Crippen LogP contribution in [0.15, 0.2) is 29.2 Å². The molecule has 0 saturated carbocycles. The number of halogens is 4. The van der Waals surface area contributed by atoms with E-state index in [0.717, 1.165) is 10.7 Å². The second kappa shape index (κ2) is 6.37. The van der Waals surface area contributed by atoms with E-state index in [9.17, 15) is 18.0 Å². The smallest absolute Gasteiger partial charge is 0.355 e. The molecule has 1 fully saturated rings. The van der Waals surface area contributed by atoms with E-state index in [2.05, 4.69) is 10.1 Å². The summed E-state index contributed by atoms with van der Waals surface area (Å²) >= 11 is 6.07. The molecular weight excluding hydrogens is 359 g/mol. The quantitative estimate of drug-likeness (QED) is 0.830. The van der Waals surface area contributed by atoms with Crippen LogP contribution in [-0.2, 0) is 12.7 Å². The van der Waals surface area contributed by atoms with Gasteiger partial charge >= 0.3 is 6.18 Å². The molecule has 3 rings (SSSR count). The Bertz CT molecular complexity index is 899. The Morgan fingerprint density at radius 3 is 2.68 bits per heavy atom. The van der Waals surface area contributed by atoms with Crippen molar-refractivity contribution in [2.24, 2.45) is 5.92 Å². The first-order valence-corrected chi connectivity index (χ1v) is 7.61. The van der Waals surface area contributed by atoms with Gasteiger partial charge in [0.15, 0.2) is 5.69 Å². The molecule has 0 radical (unpaired) electrons. The molecule has 2 aromatic heterocycles. The molecule has 130 valence electrons. The SMILES string of the molecule is N#Cc1cnc(N2CC(Cn3nc(C(F)(F)F)ccc3=O)C2)c(Cl)c1. The summed E-state index contributed by atoms with van der Waals surface area (Å²) < 4.78 is 38.9. The van der Waals surface area contributed by atoms with Crippen LogP contribution in [0.5, 0.6) is 0 Å². The summed E-state index contributed by atoms with van der Waals surface area (Å²) in [5.74, 6) is 0.448. The van der Waals surface area contributed by atoms with Crippen LogP contribution in [0.1, 0.15) is 11.3 Å². The van der Waals surface area contributed by atoms with Gasteiger partial charge in [-0.25, -0.2) is 9.67 Å². The average Bonchev–Trinajstić information content (AvgIpc) is 2.51. The van der Waals surface area contributed by atoms with Gasteiger partial charge in [-0.15, -0.1) is 0 Å². The number of pyridine rings is 1. The molecular formula is C15H11ClF3N5O. The van der Waals surface area contributed by atoms with Gasteiger partial charge in [0.1, 0.15) is 11.9 Å². The predicted molar refractivity (Wildman–Crippen MR) is 83.2 cm³/mol. The van der Waals surface area contributed by atoms with Crippen molar-refractivity contribution in [3.8, 4) is 6.07 Å². The highest BCUT2D eigenvalue weighted by molar-refractivity contribution is 6.33. The Hall–Kier alpha value is -2.60. The first kappa shape index (κ1) is 17.2. The second-order valence-electron chi connectivity index (χ2n) is 5.65. The van der Waals surface area contributed by atoms with Gasteiger partial charge in [0, 0.05) is 31.3 Å². The number of alkyl halides is 3. The highest BCUT2D eigenvalue weighted by Crippen LogP contribution is 2.30. The zero-order valence-corrected chi connectivity index (χ0v) is 13.4. The predicted octanol–water partition coefficient (Wildman–Crippen LogP) is 2.32. The number of nitrogens with zero attached hydrogens (tertiary/aromatic N) is 5. The highest BCUT2D eigenvalue weighted by Gasteiger charge is 2.34. The first-order chi connectivity index (χ1) is 11.8. The van der Waals surface area contributed by atoms with Gasteiger partial charge in [-0.2, -0.15) is 23.5 Å². The van der Waals surface area contributed by atoms with Crippen LogP contribution in [0.25, 0.3) is 0 Å². The van der Waals surface area contributed by atoms with E-state index >= 15 is 0 Å². The van der Waals surface area contributed by atoms with Gasteiger partial charge in [0.25, 0.3) is 5.56 Å². The Morgan fingerprint density at radius 1 is 1.36 bits per heavy atom. The molecule has 1 saturated heterocycles. The lowest BCUT2D eigenvalue weighted by Gasteiger charge is -2.40. The Morgan fingerprint density at radius 2 is 2.08 bits per heavy atom. The standard InChI is InChI=1S/C15H11ClF3N5O/c16-11-3-9(4-20)5-21-14(11)23-6-10(7-23)8-24-13(25)2-1-12(22-24)15(17,18)19/h1-3,5,10H,6-8H2. The van der Waals surface area contributed by atoms with Crippen LogP contribution in [0.4, 0.5) is 19.0 Å². The molecule has 0 aliphatic carbocycles. The molecule has 25 heavy (non-hydrogen) atoms. The molecule has 6 nitrogen and oxygen atoms in total. The number of hydrogen-bond donors (Lipinski definition) is 0. The highest BCUT2D eigenvalue weighted by atomic mass is 35.5. The zero-order valence-electron chi connectivity index (χ0n) is 12.7. The van der Waals surface area contributed by atoms with E-state index in [1.54, 1.807) is 0 Å². The molecule has 0 bridgehead atoms. The van der Waals surface area contributed by atoms with Crippen molar-refractivity contribution >= 4 is 17.4 Å².